The maximum Gasteiger partial charge on any atom is 0.236 e. The van der Waals surface area contributed by atoms with Gasteiger partial charge in [0.15, 0.2) is 0 Å². The second-order valence-corrected chi connectivity index (χ2v) is 7.67. The molecule has 150 valence electrons. The Balaban J connectivity index is 1.35. The topological polar surface area (TPSA) is 66.3 Å². The minimum atomic E-state index is -0.234. The lowest BCUT2D eigenvalue weighted by Gasteiger charge is -2.24. The minimum Gasteiger partial charge on any atom is -0.339 e. The molecule has 1 aromatic carbocycles. The van der Waals surface area contributed by atoms with Crippen LogP contribution in [0.4, 0.5) is 4.39 Å². The van der Waals surface area contributed by atoms with Gasteiger partial charge in [-0.1, -0.05) is 18.2 Å². The van der Waals surface area contributed by atoms with Crippen LogP contribution in [0.15, 0.2) is 24.3 Å². The first kappa shape index (κ1) is 19.0. The fourth-order valence-electron chi connectivity index (χ4n) is 4.06. The summed E-state index contributed by atoms with van der Waals surface area (Å²) in [7, 11) is 1.85. The Morgan fingerprint density at radius 1 is 1.29 bits per heavy atom. The first-order valence-corrected chi connectivity index (χ1v) is 9.97. The van der Waals surface area contributed by atoms with Gasteiger partial charge in [-0.2, -0.15) is 0 Å². The van der Waals surface area contributed by atoms with Gasteiger partial charge in [0.05, 0.1) is 12.6 Å². The number of benzene rings is 1. The standard InChI is InChI=1S/C20H27FN6O/c1-25(13-15-5-2-3-6-16(15)21)14-19(28)26-10-8-18-23-24-20(27(18)12-11-26)17-7-4-9-22-17/h2-3,5-6,17,22H,4,7-14H2,1H3/t17-/m0/s1. The lowest BCUT2D eigenvalue weighted by atomic mass is 10.2. The molecule has 0 bridgehead atoms. The Morgan fingerprint density at radius 2 is 2.14 bits per heavy atom. The van der Waals surface area contributed by atoms with Gasteiger partial charge in [-0.05, 0) is 32.5 Å². The van der Waals surface area contributed by atoms with Crippen molar-refractivity contribution >= 4 is 5.91 Å². The van der Waals surface area contributed by atoms with Gasteiger partial charge in [-0.15, -0.1) is 10.2 Å². The highest BCUT2D eigenvalue weighted by Gasteiger charge is 2.27. The van der Waals surface area contributed by atoms with Crippen molar-refractivity contribution in [3.05, 3.63) is 47.3 Å². The van der Waals surface area contributed by atoms with Crippen LogP contribution in [0.3, 0.4) is 0 Å². The molecule has 0 unspecified atom stereocenters. The van der Waals surface area contributed by atoms with Crippen LogP contribution in [-0.4, -0.2) is 63.7 Å². The highest BCUT2D eigenvalue weighted by Crippen LogP contribution is 2.23. The molecule has 28 heavy (non-hydrogen) atoms. The van der Waals surface area contributed by atoms with E-state index in [0.29, 0.717) is 31.6 Å². The molecule has 2 aromatic rings. The molecule has 4 rings (SSSR count). The number of nitrogens with zero attached hydrogens (tertiary/aromatic N) is 5. The van der Waals surface area contributed by atoms with E-state index in [0.717, 1.165) is 37.6 Å². The van der Waals surface area contributed by atoms with Gasteiger partial charge >= 0.3 is 0 Å². The van der Waals surface area contributed by atoms with Crippen molar-refractivity contribution in [1.29, 1.82) is 0 Å². The van der Waals surface area contributed by atoms with Crippen molar-refractivity contribution in [1.82, 2.24) is 29.9 Å². The van der Waals surface area contributed by atoms with Gasteiger partial charge in [0, 0.05) is 38.2 Å². The molecule has 1 N–H and O–H groups in total. The Bertz CT molecular complexity index is 832. The van der Waals surface area contributed by atoms with E-state index in [2.05, 4.69) is 20.1 Å². The molecule has 0 saturated carbocycles. The number of rotatable bonds is 5. The molecule has 3 heterocycles. The largest absolute Gasteiger partial charge is 0.339 e. The third-order valence-electron chi connectivity index (χ3n) is 5.58. The summed E-state index contributed by atoms with van der Waals surface area (Å²) in [6, 6.07) is 6.97. The van der Waals surface area contributed by atoms with Crippen molar-refractivity contribution in [3.63, 3.8) is 0 Å². The summed E-state index contributed by atoms with van der Waals surface area (Å²) >= 11 is 0. The van der Waals surface area contributed by atoms with E-state index in [1.807, 2.05) is 22.9 Å². The highest BCUT2D eigenvalue weighted by atomic mass is 19.1. The number of nitrogens with one attached hydrogen (secondary N) is 1. The van der Waals surface area contributed by atoms with Crippen molar-refractivity contribution in [2.75, 3.05) is 33.2 Å². The van der Waals surface area contributed by atoms with Crippen molar-refractivity contribution in [3.8, 4) is 0 Å². The van der Waals surface area contributed by atoms with Gasteiger partial charge < -0.3 is 14.8 Å². The molecular formula is C20H27FN6O. The average molecular weight is 386 g/mol. The van der Waals surface area contributed by atoms with Crippen LogP contribution in [0.1, 0.15) is 36.1 Å². The summed E-state index contributed by atoms with van der Waals surface area (Å²) in [4.78, 5) is 16.5. The molecule has 0 aliphatic carbocycles. The molecule has 1 aromatic heterocycles. The van der Waals surface area contributed by atoms with Crippen LogP contribution >= 0.6 is 0 Å². The zero-order valence-corrected chi connectivity index (χ0v) is 16.3. The van der Waals surface area contributed by atoms with Gasteiger partial charge in [0.25, 0.3) is 0 Å². The first-order valence-electron chi connectivity index (χ1n) is 9.97. The van der Waals surface area contributed by atoms with E-state index in [1.54, 1.807) is 12.1 Å². The minimum absolute atomic E-state index is 0.0677. The summed E-state index contributed by atoms with van der Waals surface area (Å²) in [5.41, 5.74) is 0.605. The third-order valence-corrected chi connectivity index (χ3v) is 5.58. The van der Waals surface area contributed by atoms with Crippen LogP contribution in [0.2, 0.25) is 0 Å². The van der Waals surface area contributed by atoms with Crippen LogP contribution in [0.25, 0.3) is 0 Å². The van der Waals surface area contributed by atoms with E-state index >= 15 is 0 Å². The van der Waals surface area contributed by atoms with Gasteiger partial charge in [-0.25, -0.2) is 4.39 Å². The summed E-state index contributed by atoms with van der Waals surface area (Å²) in [6.45, 7) is 3.71. The molecule has 1 saturated heterocycles. The Kier molecular flexibility index (Phi) is 5.68. The Labute approximate surface area is 164 Å². The van der Waals surface area contributed by atoms with E-state index in [9.17, 15) is 9.18 Å². The fourth-order valence-corrected chi connectivity index (χ4v) is 4.06. The quantitative estimate of drug-likeness (QED) is 0.841. The molecule has 0 spiro atoms. The zero-order chi connectivity index (χ0) is 19.5. The number of amides is 1. The van der Waals surface area contributed by atoms with E-state index in [1.165, 1.54) is 6.07 Å². The molecule has 0 radical (unpaired) electrons. The van der Waals surface area contributed by atoms with Crippen LogP contribution in [0.5, 0.6) is 0 Å². The number of hydrogen-bond donors (Lipinski definition) is 1. The van der Waals surface area contributed by atoms with Crippen LogP contribution in [0, 0.1) is 5.82 Å². The van der Waals surface area contributed by atoms with Gasteiger partial charge in [0.1, 0.15) is 17.5 Å². The summed E-state index contributed by atoms with van der Waals surface area (Å²) in [6.07, 6.45) is 2.95. The van der Waals surface area contributed by atoms with Crippen molar-refractivity contribution < 1.29 is 9.18 Å². The SMILES string of the molecule is CN(CC(=O)N1CCc2nnc([C@@H]3CCCN3)n2CC1)Cc1ccccc1F. The maximum atomic E-state index is 13.8. The second-order valence-electron chi connectivity index (χ2n) is 7.67. The lowest BCUT2D eigenvalue weighted by Crippen LogP contribution is -2.40. The fraction of sp³-hybridized carbons (Fsp3) is 0.550. The molecule has 1 atom stereocenters. The van der Waals surface area contributed by atoms with Gasteiger partial charge in [-0.3, -0.25) is 9.69 Å². The van der Waals surface area contributed by atoms with E-state index in [-0.39, 0.29) is 24.3 Å². The predicted molar refractivity (Wildman–Crippen MR) is 103 cm³/mol. The Morgan fingerprint density at radius 3 is 2.93 bits per heavy atom. The van der Waals surface area contributed by atoms with E-state index < -0.39 is 0 Å². The number of hydrogen-bond acceptors (Lipinski definition) is 5. The van der Waals surface area contributed by atoms with Gasteiger partial charge in [0.2, 0.25) is 5.91 Å². The second kappa shape index (κ2) is 8.36. The molecule has 2 aliphatic heterocycles. The molecule has 1 fully saturated rings. The highest BCUT2D eigenvalue weighted by molar-refractivity contribution is 5.78. The number of carbonyl (C=O) groups is 1. The summed E-state index contributed by atoms with van der Waals surface area (Å²) < 4.78 is 16.0. The molecule has 7 nitrogen and oxygen atoms in total. The number of likely N-dealkylation sites (N-methyl/N-ethyl adjacent to an activating group) is 1. The molecule has 8 heteroatoms. The van der Waals surface area contributed by atoms with Crippen LogP contribution < -0.4 is 5.32 Å². The van der Waals surface area contributed by atoms with Crippen LogP contribution in [-0.2, 0) is 24.3 Å². The predicted octanol–water partition coefficient (Wildman–Crippen LogP) is 1.36. The van der Waals surface area contributed by atoms with Crippen molar-refractivity contribution in [2.24, 2.45) is 0 Å². The number of fused-ring (bicyclic) bond motifs is 1. The van der Waals surface area contributed by atoms with E-state index in [4.69, 9.17) is 0 Å². The maximum absolute atomic E-state index is 13.8. The summed E-state index contributed by atoms with van der Waals surface area (Å²) in [5.74, 6) is 1.79. The average Bonchev–Trinajstić information content (AvgIpc) is 3.29. The van der Waals surface area contributed by atoms with Crippen molar-refractivity contribution in [2.45, 2.75) is 38.4 Å². The smallest absolute Gasteiger partial charge is 0.236 e. The monoisotopic (exact) mass is 386 g/mol. The lowest BCUT2D eigenvalue weighted by molar-refractivity contribution is -0.132. The number of halogens is 1. The number of carbonyl (C=O) groups excluding carboxylic acids is 1. The molecule has 1 amide bonds. The third kappa shape index (κ3) is 4.07. The first-order chi connectivity index (χ1) is 13.6. The molecule has 2 aliphatic rings. The summed E-state index contributed by atoms with van der Waals surface area (Å²) in [5, 5.41) is 12.2. The zero-order valence-electron chi connectivity index (χ0n) is 16.3. The molecular weight excluding hydrogens is 359 g/mol. The Hall–Kier alpha value is -2.32. The normalized spacial score (nSPS) is 19.7. The number of aromatic nitrogens is 3.